The van der Waals surface area contributed by atoms with E-state index in [1.54, 1.807) is 0 Å². The maximum Gasteiger partial charge on any atom is 0.260 e. The molecule has 1 aromatic rings. The molecule has 0 aliphatic heterocycles. The number of hydrogen-bond acceptors (Lipinski definition) is 2. The summed E-state index contributed by atoms with van der Waals surface area (Å²) >= 11 is 2.24. The van der Waals surface area contributed by atoms with E-state index in [1.165, 1.54) is 0 Å². The Morgan fingerprint density at radius 3 is 2.50 bits per heavy atom. The average Bonchev–Trinajstić information content (AvgIpc) is 2.39. The zero-order valence-corrected chi connectivity index (χ0v) is 13.1. The number of hydrogen-bond donors (Lipinski definition) is 0. The van der Waals surface area contributed by atoms with E-state index >= 15 is 0 Å². The Hall–Kier alpha value is -0.780. The van der Waals surface area contributed by atoms with Crippen LogP contribution in [-0.4, -0.2) is 30.5 Å². The van der Waals surface area contributed by atoms with Crippen molar-refractivity contribution in [3.8, 4) is 5.75 Å². The SMILES string of the molecule is CCCCN(CC)C(=O)COc1ccc(I)cc1. The number of rotatable bonds is 7. The van der Waals surface area contributed by atoms with Gasteiger partial charge in [-0.2, -0.15) is 0 Å². The molecule has 1 amide bonds. The van der Waals surface area contributed by atoms with E-state index in [2.05, 4.69) is 29.5 Å². The molecule has 0 saturated heterocycles. The number of nitrogens with zero attached hydrogens (tertiary/aromatic N) is 1. The van der Waals surface area contributed by atoms with Crippen molar-refractivity contribution in [1.82, 2.24) is 4.90 Å². The van der Waals surface area contributed by atoms with Crippen LogP contribution in [0.15, 0.2) is 24.3 Å². The second kappa shape index (κ2) is 8.34. The number of ether oxygens (including phenoxy) is 1. The molecular formula is C14H20INO2. The molecule has 0 radical (unpaired) electrons. The average molecular weight is 361 g/mol. The summed E-state index contributed by atoms with van der Waals surface area (Å²) in [5.74, 6) is 0.805. The van der Waals surface area contributed by atoms with E-state index < -0.39 is 0 Å². The third kappa shape index (κ3) is 5.25. The van der Waals surface area contributed by atoms with E-state index in [4.69, 9.17) is 4.74 Å². The van der Waals surface area contributed by atoms with Crippen LogP contribution in [0.2, 0.25) is 0 Å². The highest BCUT2D eigenvalue weighted by molar-refractivity contribution is 14.1. The van der Waals surface area contributed by atoms with Crippen LogP contribution in [0.25, 0.3) is 0 Å². The molecule has 0 aliphatic carbocycles. The summed E-state index contributed by atoms with van der Waals surface area (Å²) in [6, 6.07) is 7.71. The van der Waals surface area contributed by atoms with Gasteiger partial charge in [0.05, 0.1) is 0 Å². The predicted molar refractivity (Wildman–Crippen MR) is 81.8 cm³/mol. The maximum atomic E-state index is 11.9. The first-order valence-corrected chi connectivity index (χ1v) is 7.41. The highest BCUT2D eigenvalue weighted by atomic mass is 127. The Balaban J connectivity index is 2.41. The summed E-state index contributed by atoms with van der Waals surface area (Å²) in [5, 5.41) is 0. The molecule has 18 heavy (non-hydrogen) atoms. The standard InChI is InChI=1S/C14H20INO2/c1-3-5-10-16(4-2)14(17)11-18-13-8-6-12(15)7-9-13/h6-9H,3-5,10-11H2,1-2H3. The van der Waals surface area contributed by atoms with Gasteiger partial charge in [-0.25, -0.2) is 0 Å². The number of benzene rings is 1. The van der Waals surface area contributed by atoms with E-state index in [9.17, 15) is 4.79 Å². The summed E-state index contributed by atoms with van der Waals surface area (Å²) in [6.45, 7) is 5.81. The van der Waals surface area contributed by atoms with Gasteiger partial charge in [-0.1, -0.05) is 13.3 Å². The highest BCUT2D eigenvalue weighted by Gasteiger charge is 2.11. The molecule has 1 rings (SSSR count). The van der Waals surface area contributed by atoms with Crippen LogP contribution in [0, 0.1) is 3.57 Å². The maximum absolute atomic E-state index is 11.9. The fourth-order valence-corrected chi connectivity index (χ4v) is 1.93. The summed E-state index contributed by atoms with van der Waals surface area (Å²) in [7, 11) is 0. The van der Waals surface area contributed by atoms with Crippen LogP contribution in [0.5, 0.6) is 5.75 Å². The smallest absolute Gasteiger partial charge is 0.260 e. The van der Waals surface area contributed by atoms with Crippen LogP contribution >= 0.6 is 22.6 Å². The van der Waals surface area contributed by atoms with Crippen molar-refractivity contribution in [3.63, 3.8) is 0 Å². The lowest BCUT2D eigenvalue weighted by Crippen LogP contribution is -2.35. The first kappa shape index (κ1) is 15.3. The largest absolute Gasteiger partial charge is 0.484 e. The molecule has 0 heterocycles. The Bertz CT molecular complexity index is 365. The van der Waals surface area contributed by atoms with Gasteiger partial charge in [-0.15, -0.1) is 0 Å². The lowest BCUT2D eigenvalue weighted by Gasteiger charge is -2.20. The zero-order valence-electron chi connectivity index (χ0n) is 11.0. The van der Waals surface area contributed by atoms with Crippen molar-refractivity contribution < 1.29 is 9.53 Å². The summed E-state index contributed by atoms with van der Waals surface area (Å²) in [6.07, 6.45) is 2.14. The number of amides is 1. The molecule has 0 saturated carbocycles. The molecule has 0 aliphatic rings. The number of unbranched alkanes of at least 4 members (excludes halogenated alkanes) is 1. The van der Waals surface area contributed by atoms with Gasteiger partial charge in [-0.05, 0) is 60.2 Å². The molecule has 0 fully saturated rings. The fourth-order valence-electron chi connectivity index (χ4n) is 1.58. The second-order valence-corrected chi connectivity index (χ2v) is 5.32. The molecule has 0 spiro atoms. The van der Waals surface area contributed by atoms with Crippen molar-refractivity contribution in [2.45, 2.75) is 26.7 Å². The highest BCUT2D eigenvalue weighted by Crippen LogP contribution is 2.13. The third-order valence-electron chi connectivity index (χ3n) is 2.69. The van der Waals surface area contributed by atoms with Gasteiger partial charge in [0.1, 0.15) is 5.75 Å². The van der Waals surface area contributed by atoms with Gasteiger partial charge < -0.3 is 9.64 Å². The molecule has 3 nitrogen and oxygen atoms in total. The topological polar surface area (TPSA) is 29.5 Å². The van der Waals surface area contributed by atoms with Gasteiger partial charge in [-0.3, -0.25) is 4.79 Å². The van der Waals surface area contributed by atoms with Crippen LogP contribution in [0.4, 0.5) is 0 Å². The van der Waals surface area contributed by atoms with E-state index in [0.29, 0.717) is 0 Å². The van der Waals surface area contributed by atoms with Gasteiger partial charge in [0.2, 0.25) is 0 Å². The van der Waals surface area contributed by atoms with Crippen molar-refractivity contribution in [3.05, 3.63) is 27.8 Å². The zero-order chi connectivity index (χ0) is 13.4. The van der Waals surface area contributed by atoms with Crippen molar-refractivity contribution >= 4 is 28.5 Å². The first-order chi connectivity index (χ1) is 8.67. The van der Waals surface area contributed by atoms with Crippen LogP contribution in [-0.2, 0) is 4.79 Å². The van der Waals surface area contributed by atoms with E-state index in [0.717, 1.165) is 35.3 Å². The number of carbonyl (C=O) groups is 1. The lowest BCUT2D eigenvalue weighted by atomic mass is 10.3. The minimum atomic E-state index is 0.0597. The second-order valence-electron chi connectivity index (χ2n) is 4.07. The molecule has 0 N–H and O–H groups in total. The summed E-state index contributed by atoms with van der Waals surface area (Å²) in [5.41, 5.74) is 0. The minimum absolute atomic E-state index is 0.0597. The predicted octanol–water partition coefficient (Wildman–Crippen LogP) is 3.32. The normalized spacial score (nSPS) is 10.2. The van der Waals surface area contributed by atoms with E-state index in [-0.39, 0.29) is 12.5 Å². The molecule has 1 aromatic carbocycles. The molecule has 0 bridgehead atoms. The van der Waals surface area contributed by atoms with Gasteiger partial charge in [0, 0.05) is 16.7 Å². The molecular weight excluding hydrogens is 341 g/mol. The first-order valence-electron chi connectivity index (χ1n) is 6.33. The number of carbonyl (C=O) groups excluding carboxylic acids is 1. The number of halogens is 1. The van der Waals surface area contributed by atoms with E-state index in [1.807, 2.05) is 36.1 Å². The molecule has 4 heteroatoms. The monoisotopic (exact) mass is 361 g/mol. The molecule has 100 valence electrons. The van der Waals surface area contributed by atoms with Crippen molar-refractivity contribution in [2.24, 2.45) is 0 Å². The lowest BCUT2D eigenvalue weighted by molar-refractivity contribution is -0.133. The molecule has 0 aromatic heterocycles. The number of likely N-dealkylation sites (N-methyl/N-ethyl adjacent to an activating group) is 1. The summed E-state index contributed by atoms with van der Waals surface area (Å²) in [4.78, 5) is 13.8. The fraction of sp³-hybridized carbons (Fsp3) is 0.500. The summed E-state index contributed by atoms with van der Waals surface area (Å²) < 4.78 is 6.65. The molecule has 0 unspecified atom stereocenters. The van der Waals surface area contributed by atoms with Crippen LogP contribution in [0.3, 0.4) is 0 Å². The Labute approximate surface area is 123 Å². The van der Waals surface area contributed by atoms with Crippen molar-refractivity contribution in [1.29, 1.82) is 0 Å². The van der Waals surface area contributed by atoms with Crippen LogP contribution in [0.1, 0.15) is 26.7 Å². The van der Waals surface area contributed by atoms with Gasteiger partial charge >= 0.3 is 0 Å². The van der Waals surface area contributed by atoms with Gasteiger partial charge in [0.15, 0.2) is 6.61 Å². The van der Waals surface area contributed by atoms with Crippen LogP contribution < -0.4 is 4.74 Å². The Morgan fingerprint density at radius 1 is 1.28 bits per heavy atom. The third-order valence-corrected chi connectivity index (χ3v) is 3.41. The van der Waals surface area contributed by atoms with Crippen molar-refractivity contribution in [2.75, 3.05) is 19.7 Å². The Morgan fingerprint density at radius 2 is 1.94 bits per heavy atom. The Kier molecular flexibility index (Phi) is 7.08. The molecule has 0 atom stereocenters. The quantitative estimate of drug-likeness (QED) is 0.698. The minimum Gasteiger partial charge on any atom is -0.484 e. The van der Waals surface area contributed by atoms with Gasteiger partial charge in [0.25, 0.3) is 5.91 Å².